The maximum atomic E-state index is 5.49. The van der Waals surface area contributed by atoms with Crippen LogP contribution in [-0.2, 0) is 0 Å². The monoisotopic (exact) mass is 161 g/mol. The second-order valence-electron chi connectivity index (χ2n) is 2.30. The van der Waals surface area contributed by atoms with Crippen molar-refractivity contribution in [2.75, 3.05) is 5.73 Å². The Kier molecular flexibility index (Phi) is 1.48. The van der Waals surface area contributed by atoms with E-state index in [4.69, 9.17) is 5.73 Å². The van der Waals surface area contributed by atoms with E-state index in [1.54, 1.807) is 12.3 Å². The molecule has 0 aromatic carbocycles. The van der Waals surface area contributed by atoms with Crippen molar-refractivity contribution in [2.45, 2.75) is 0 Å². The summed E-state index contributed by atoms with van der Waals surface area (Å²) in [5.74, 6) is 1.17. The Bertz CT molecular complexity index is 367. The summed E-state index contributed by atoms with van der Waals surface area (Å²) in [6, 6.07) is 3.55. The number of anilines is 1. The molecule has 0 bridgehead atoms. The van der Waals surface area contributed by atoms with Crippen molar-refractivity contribution in [3.8, 4) is 11.4 Å². The van der Waals surface area contributed by atoms with E-state index in [1.165, 1.54) is 6.33 Å². The molecule has 5 heteroatoms. The van der Waals surface area contributed by atoms with Crippen LogP contribution >= 0.6 is 0 Å². The first-order chi connectivity index (χ1) is 5.86. The number of H-pyrrole nitrogens is 1. The molecule has 0 fully saturated rings. The lowest BCUT2D eigenvalue weighted by Crippen LogP contribution is -1.90. The van der Waals surface area contributed by atoms with Gasteiger partial charge in [-0.25, -0.2) is 9.97 Å². The average Bonchev–Trinajstić information content (AvgIpc) is 2.56. The zero-order chi connectivity index (χ0) is 8.39. The Hall–Kier alpha value is -1.91. The summed E-state index contributed by atoms with van der Waals surface area (Å²) in [6.07, 6.45) is 3.08. The molecule has 0 aliphatic heterocycles. The molecule has 0 unspecified atom stereocenters. The second-order valence-corrected chi connectivity index (χ2v) is 2.30. The molecule has 5 nitrogen and oxygen atoms in total. The first kappa shape index (κ1) is 6.78. The van der Waals surface area contributed by atoms with Crippen molar-refractivity contribution in [2.24, 2.45) is 0 Å². The van der Waals surface area contributed by atoms with Crippen LogP contribution < -0.4 is 5.73 Å². The first-order valence-electron chi connectivity index (χ1n) is 3.43. The van der Waals surface area contributed by atoms with E-state index in [9.17, 15) is 0 Å². The number of aromatic nitrogens is 4. The Morgan fingerprint density at radius 1 is 1.33 bits per heavy atom. The van der Waals surface area contributed by atoms with E-state index in [0.717, 1.165) is 5.56 Å². The standard InChI is InChI=1S/C7H7N5/c8-6-3-5(1-2-9-6)7-10-4-11-12-7/h1-4H,(H2,8,9)(H,10,11,12). The minimum absolute atomic E-state index is 0.476. The smallest absolute Gasteiger partial charge is 0.155 e. The lowest BCUT2D eigenvalue weighted by Gasteiger charge is -1.95. The molecule has 0 radical (unpaired) electrons. The third-order valence-electron chi connectivity index (χ3n) is 1.47. The van der Waals surface area contributed by atoms with Crippen LogP contribution in [0.2, 0.25) is 0 Å². The predicted octanol–water partition coefficient (Wildman–Crippen LogP) is 0.449. The van der Waals surface area contributed by atoms with Gasteiger partial charge in [-0.15, -0.1) is 0 Å². The maximum Gasteiger partial charge on any atom is 0.155 e. The number of aromatic amines is 1. The predicted molar refractivity (Wildman–Crippen MR) is 44.0 cm³/mol. The van der Waals surface area contributed by atoms with Gasteiger partial charge in [-0.1, -0.05) is 0 Å². The van der Waals surface area contributed by atoms with Gasteiger partial charge in [-0.3, -0.25) is 5.10 Å². The summed E-state index contributed by atoms with van der Waals surface area (Å²) in [5, 5.41) is 6.47. The van der Waals surface area contributed by atoms with Crippen molar-refractivity contribution in [3.05, 3.63) is 24.7 Å². The molecule has 12 heavy (non-hydrogen) atoms. The van der Waals surface area contributed by atoms with E-state index in [-0.39, 0.29) is 0 Å². The number of rotatable bonds is 1. The normalized spacial score (nSPS) is 10.0. The summed E-state index contributed by atoms with van der Waals surface area (Å²) in [5.41, 5.74) is 6.38. The highest BCUT2D eigenvalue weighted by atomic mass is 15.2. The molecule has 2 heterocycles. The first-order valence-corrected chi connectivity index (χ1v) is 3.43. The molecule has 2 aromatic heterocycles. The van der Waals surface area contributed by atoms with Crippen LogP contribution in [-0.4, -0.2) is 20.2 Å². The molecule has 0 saturated carbocycles. The van der Waals surface area contributed by atoms with Gasteiger partial charge in [0.15, 0.2) is 5.82 Å². The average molecular weight is 161 g/mol. The minimum Gasteiger partial charge on any atom is -0.384 e. The number of pyridine rings is 1. The molecule has 0 spiro atoms. The molecule has 0 amide bonds. The second kappa shape index (κ2) is 2.61. The van der Waals surface area contributed by atoms with E-state index in [0.29, 0.717) is 11.6 Å². The van der Waals surface area contributed by atoms with Gasteiger partial charge in [-0.05, 0) is 12.1 Å². The zero-order valence-electron chi connectivity index (χ0n) is 6.23. The summed E-state index contributed by atoms with van der Waals surface area (Å²) >= 11 is 0. The van der Waals surface area contributed by atoms with Crippen LogP contribution in [0.5, 0.6) is 0 Å². The van der Waals surface area contributed by atoms with Gasteiger partial charge in [0.05, 0.1) is 0 Å². The Morgan fingerprint density at radius 2 is 2.25 bits per heavy atom. The molecule has 0 atom stereocenters. The van der Waals surface area contributed by atoms with Crippen LogP contribution in [0.25, 0.3) is 11.4 Å². The Morgan fingerprint density at radius 3 is 2.92 bits per heavy atom. The van der Waals surface area contributed by atoms with E-state index < -0.39 is 0 Å². The van der Waals surface area contributed by atoms with Crippen LogP contribution in [0, 0.1) is 0 Å². The fraction of sp³-hybridized carbons (Fsp3) is 0. The lowest BCUT2D eigenvalue weighted by molar-refractivity contribution is 1.09. The summed E-state index contributed by atoms with van der Waals surface area (Å²) in [7, 11) is 0. The number of nitrogens with one attached hydrogen (secondary N) is 1. The van der Waals surface area contributed by atoms with Gasteiger partial charge in [0, 0.05) is 11.8 Å². The van der Waals surface area contributed by atoms with Crippen LogP contribution in [0.4, 0.5) is 5.82 Å². The van der Waals surface area contributed by atoms with Gasteiger partial charge >= 0.3 is 0 Å². The molecule has 0 aliphatic rings. The van der Waals surface area contributed by atoms with E-state index in [1.807, 2.05) is 6.07 Å². The molecule has 0 saturated heterocycles. The van der Waals surface area contributed by atoms with Crippen LogP contribution in [0.3, 0.4) is 0 Å². The SMILES string of the molecule is Nc1cc(-c2ncn[nH]2)ccn1. The number of hydrogen-bond donors (Lipinski definition) is 2. The summed E-state index contributed by atoms with van der Waals surface area (Å²) in [4.78, 5) is 7.84. The lowest BCUT2D eigenvalue weighted by atomic mass is 10.2. The zero-order valence-corrected chi connectivity index (χ0v) is 6.23. The topological polar surface area (TPSA) is 80.5 Å². The fourth-order valence-corrected chi connectivity index (χ4v) is 0.940. The number of nitrogens with two attached hydrogens (primary N) is 1. The Balaban J connectivity index is 2.48. The van der Waals surface area contributed by atoms with Gasteiger partial charge in [0.2, 0.25) is 0 Å². The van der Waals surface area contributed by atoms with E-state index >= 15 is 0 Å². The van der Waals surface area contributed by atoms with Crippen LogP contribution in [0.1, 0.15) is 0 Å². The molecule has 60 valence electrons. The number of hydrogen-bond acceptors (Lipinski definition) is 4. The van der Waals surface area contributed by atoms with Gasteiger partial charge < -0.3 is 5.73 Å². The highest BCUT2D eigenvalue weighted by molar-refractivity contribution is 5.57. The molecular formula is C7H7N5. The minimum atomic E-state index is 0.476. The van der Waals surface area contributed by atoms with Gasteiger partial charge in [-0.2, -0.15) is 5.10 Å². The number of nitrogens with zero attached hydrogens (tertiary/aromatic N) is 3. The van der Waals surface area contributed by atoms with Crippen molar-refractivity contribution < 1.29 is 0 Å². The molecule has 3 N–H and O–H groups in total. The van der Waals surface area contributed by atoms with E-state index in [2.05, 4.69) is 20.2 Å². The number of nitrogen functional groups attached to an aromatic ring is 1. The third kappa shape index (κ3) is 1.12. The Labute approximate surface area is 68.7 Å². The largest absolute Gasteiger partial charge is 0.384 e. The van der Waals surface area contributed by atoms with Crippen molar-refractivity contribution >= 4 is 5.82 Å². The highest BCUT2D eigenvalue weighted by Crippen LogP contribution is 2.13. The maximum absolute atomic E-state index is 5.49. The quantitative estimate of drug-likeness (QED) is 0.636. The third-order valence-corrected chi connectivity index (χ3v) is 1.47. The van der Waals surface area contributed by atoms with Gasteiger partial charge in [0.1, 0.15) is 12.1 Å². The van der Waals surface area contributed by atoms with Crippen LogP contribution in [0.15, 0.2) is 24.7 Å². The highest BCUT2D eigenvalue weighted by Gasteiger charge is 1.99. The molecule has 2 aromatic rings. The van der Waals surface area contributed by atoms with Crippen molar-refractivity contribution in [1.29, 1.82) is 0 Å². The summed E-state index contributed by atoms with van der Waals surface area (Å²) < 4.78 is 0. The fourth-order valence-electron chi connectivity index (χ4n) is 0.940. The molecule has 0 aliphatic carbocycles. The summed E-state index contributed by atoms with van der Waals surface area (Å²) in [6.45, 7) is 0. The van der Waals surface area contributed by atoms with Crippen molar-refractivity contribution in [3.63, 3.8) is 0 Å². The molecular weight excluding hydrogens is 154 g/mol. The van der Waals surface area contributed by atoms with Gasteiger partial charge in [0.25, 0.3) is 0 Å². The molecule has 2 rings (SSSR count). The van der Waals surface area contributed by atoms with Crippen molar-refractivity contribution in [1.82, 2.24) is 20.2 Å².